The third-order valence-electron chi connectivity index (χ3n) is 3.79. The minimum absolute atomic E-state index is 0.0179. The van der Waals surface area contributed by atoms with Crippen LogP contribution in [0.4, 0.5) is 0 Å². The van der Waals surface area contributed by atoms with Crippen LogP contribution in [-0.4, -0.2) is 82.4 Å². The fourth-order valence-corrected chi connectivity index (χ4v) is 2.59. The Bertz CT molecular complexity index is 389. The van der Waals surface area contributed by atoms with Gasteiger partial charge in [-0.1, -0.05) is 0 Å². The molecule has 1 aliphatic heterocycles. The van der Waals surface area contributed by atoms with Crippen LogP contribution >= 0.6 is 0 Å². The number of hydrogen-bond acceptors (Lipinski definition) is 7. The zero-order chi connectivity index (χ0) is 16.9. The molecule has 0 saturated carbocycles. The van der Waals surface area contributed by atoms with Crippen LogP contribution < -0.4 is 0 Å². The van der Waals surface area contributed by atoms with E-state index in [2.05, 4.69) is 0 Å². The van der Waals surface area contributed by atoms with E-state index >= 15 is 0 Å². The molecule has 8 nitrogen and oxygen atoms in total. The van der Waals surface area contributed by atoms with Crippen molar-refractivity contribution in [3.63, 3.8) is 0 Å². The van der Waals surface area contributed by atoms with Crippen molar-refractivity contribution in [2.45, 2.75) is 44.5 Å². The second kappa shape index (κ2) is 8.42. The van der Waals surface area contributed by atoms with E-state index in [4.69, 9.17) is 23.7 Å². The second-order valence-electron chi connectivity index (χ2n) is 5.10. The third-order valence-corrected chi connectivity index (χ3v) is 3.79. The zero-order valence-corrected chi connectivity index (χ0v) is 13.9. The van der Waals surface area contributed by atoms with Gasteiger partial charge >= 0.3 is 5.97 Å². The van der Waals surface area contributed by atoms with Crippen molar-refractivity contribution < 1.29 is 33.3 Å². The Labute approximate surface area is 130 Å². The number of rotatable bonds is 6. The number of ether oxygens (including phenoxy) is 5. The molecule has 22 heavy (non-hydrogen) atoms. The maximum absolute atomic E-state index is 11.7. The number of hydrogen-bond donors (Lipinski definition) is 0. The first-order valence-corrected chi connectivity index (χ1v) is 6.97. The van der Waals surface area contributed by atoms with Gasteiger partial charge in [0.25, 0.3) is 0 Å². The van der Waals surface area contributed by atoms with E-state index in [9.17, 15) is 9.59 Å². The Morgan fingerprint density at radius 3 is 2.05 bits per heavy atom. The smallest absolute Gasteiger partial charge is 0.302 e. The molecule has 1 aliphatic rings. The third kappa shape index (κ3) is 4.16. The number of esters is 1. The average molecular weight is 319 g/mol. The van der Waals surface area contributed by atoms with E-state index in [0.717, 1.165) is 0 Å². The molecule has 0 aromatic heterocycles. The first-order chi connectivity index (χ1) is 10.4. The summed E-state index contributed by atoms with van der Waals surface area (Å²) in [4.78, 5) is 24.2. The van der Waals surface area contributed by atoms with Gasteiger partial charge in [0.15, 0.2) is 6.29 Å². The van der Waals surface area contributed by atoms with E-state index in [1.807, 2.05) is 0 Å². The van der Waals surface area contributed by atoms with Crippen molar-refractivity contribution in [1.82, 2.24) is 4.90 Å². The van der Waals surface area contributed by atoms with Crippen LogP contribution in [0.3, 0.4) is 0 Å². The van der Waals surface area contributed by atoms with Gasteiger partial charge in [0.1, 0.15) is 31.0 Å². The van der Waals surface area contributed by atoms with Crippen LogP contribution in [0.15, 0.2) is 0 Å². The zero-order valence-electron chi connectivity index (χ0n) is 13.9. The molecule has 0 bridgehead atoms. The Morgan fingerprint density at radius 2 is 1.64 bits per heavy atom. The number of carbonyl (C=O) groups excluding carboxylic acids is 2. The molecule has 0 aromatic carbocycles. The molecular weight excluding hydrogens is 294 g/mol. The molecule has 0 radical (unpaired) electrons. The molecule has 5 atom stereocenters. The molecular formula is C14H25NO7. The fourth-order valence-electron chi connectivity index (χ4n) is 2.59. The van der Waals surface area contributed by atoms with Crippen molar-refractivity contribution in [3.8, 4) is 0 Å². The average Bonchev–Trinajstić information content (AvgIpc) is 2.49. The number of nitrogens with zero attached hydrogens (tertiary/aromatic N) is 1. The molecule has 0 aromatic rings. The van der Waals surface area contributed by atoms with E-state index in [1.165, 1.54) is 40.1 Å². The summed E-state index contributed by atoms with van der Waals surface area (Å²) in [6.07, 6.45) is -2.27. The predicted octanol–water partition coefficient (Wildman–Crippen LogP) is -0.202. The minimum atomic E-state index is -0.717. The van der Waals surface area contributed by atoms with E-state index in [0.29, 0.717) is 0 Å². The highest BCUT2D eigenvalue weighted by Crippen LogP contribution is 2.29. The highest BCUT2D eigenvalue weighted by molar-refractivity contribution is 5.73. The van der Waals surface area contributed by atoms with Crippen LogP contribution in [0.2, 0.25) is 0 Å². The molecule has 1 saturated heterocycles. The lowest BCUT2D eigenvalue weighted by atomic mass is 9.95. The highest BCUT2D eigenvalue weighted by Gasteiger charge is 2.49. The molecule has 1 amide bonds. The summed E-state index contributed by atoms with van der Waals surface area (Å²) in [5.41, 5.74) is 0. The highest BCUT2D eigenvalue weighted by atomic mass is 16.7. The minimum Gasteiger partial charge on any atom is -0.463 e. The summed E-state index contributed by atoms with van der Waals surface area (Å²) >= 11 is 0. The molecule has 0 N–H and O–H groups in total. The Hall–Kier alpha value is -1.22. The standard InChI is InChI=1S/C14H25NO7/c1-8(16)15(3)11-13(19-5)12(18-4)10(7-21-9(2)17)22-14(11)20-6/h10-14H,7H2,1-6H3. The quantitative estimate of drug-likeness (QED) is 0.627. The van der Waals surface area contributed by atoms with Crippen LogP contribution in [-0.2, 0) is 33.3 Å². The van der Waals surface area contributed by atoms with Crippen molar-refractivity contribution in [1.29, 1.82) is 0 Å². The molecule has 1 fully saturated rings. The summed E-state index contributed by atoms with van der Waals surface area (Å²) in [7, 11) is 6.17. The van der Waals surface area contributed by atoms with Gasteiger partial charge in [-0.05, 0) is 0 Å². The number of amides is 1. The predicted molar refractivity (Wildman–Crippen MR) is 76.1 cm³/mol. The normalized spacial score (nSPS) is 31.6. The largest absolute Gasteiger partial charge is 0.463 e. The van der Waals surface area contributed by atoms with Crippen LogP contribution in [0.1, 0.15) is 13.8 Å². The van der Waals surface area contributed by atoms with Gasteiger partial charge in [-0.15, -0.1) is 0 Å². The van der Waals surface area contributed by atoms with Gasteiger partial charge in [0.2, 0.25) is 5.91 Å². The molecule has 1 rings (SSSR count). The molecule has 8 heteroatoms. The molecule has 5 unspecified atom stereocenters. The van der Waals surface area contributed by atoms with E-state index < -0.39 is 36.6 Å². The van der Waals surface area contributed by atoms with Gasteiger partial charge in [0.05, 0.1) is 0 Å². The van der Waals surface area contributed by atoms with Gasteiger partial charge < -0.3 is 28.6 Å². The number of carbonyl (C=O) groups is 2. The molecule has 1 heterocycles. The van der Waals surface area contributed by atoms with E-state index in [-0.39, 0.29) is 12.5 Å². The molecule has 0 spiro atoms. The first-order valence-electron chi connectivity index (χ1n) is 6.97. The topological polar surface area (TPSA) is 83.5 Å². The second-order valence-corrected chi connectivity index (χ2v) is 5.10. The molecule has 128 valence electrons. The maximum atomic E-state index is 11.7. The SMILES string of the molecule is COC1OC(COC(C)=O)C(OC)C(OC)C1N(C)C(C)=O. The van der Waals surface area contributed by atoms with Crippen molar-refractivity contribution in [2.24, 2.45) is 0 Å². The summed E-state index contributed by atoms with van der Waals surface area (Å²) in [5, 5.41) is 0. The van der Waals surface area contributed by atoms with Gasteiger partial charge in [-0.2, -0.15) is 0 Å². The van der Waals surface area contributed by atoms with Crippen LogP contribution in [0, 0.1) is 0 Å². The summed E-state index contributed by atoms with van der Waals surface area (Å²) < 4.78 is 27.1. The van der Waals surface area contributed by atoms with Gasteiger partial charge in [-0.3, -0.25) is 9.59 Å². The van der Waals surface area contributed by atoms with Crippen LogP contribution in [0.5, 0.6) is 0 Å². The van der Waals surface area contributed by atoms with E-state index in [1.54, 1.807) is 7.05 Å². The lowest BCUT2D eigenvalue weighted by Gasteiger charge is -2.47. The van der Waals surface area contributed by atoms with Crippen molar-refractivity contribution >= 4 is 11.9 Å². The lowest BCUT2D eigenvalue weighted by molar-refractivity contribution is -0.285. The monoisotopic (exact) mass is 319 g/mol. The number of methoxy groups -OCH3 is 3. The Morgan fingerprint density at radius 1 is 1.05 bits per heavy atom. The first kappa shape index (κ1) is 18.8. The fraction of sp³-hybridized carbons (Fsp3) is 0.857. The lowest BCUT2D eigenvalue weighted by Crippen LogP contribution is -2.65. The summed E-state index contributed by atoms with van der Waals surface area (Å²) in [5.74, 6) is -0.560. The maximum Gasteiger partial charge on any atom is 0.302 e. The van der Waals surface area contributed by atoms with Crippen molar-refractivity contribution in [3.05, 3.63) is 0 Å². The molecule has 0 aliphatic carbocycles. The van der Waals surface area contributed by atoms with Gasteiger partial charge in [0, 0.05) is 42.2 Å². The summed E-state index contributed by atoms with van der Waals surface area (Å²) in [6.45, 7) is 2.79. The Kier molecular flexibility index (Phi) is 7.21. The Balaban J connectivity index is 3.02. The number of likely N-dealkylation sites (N-methyl/N-ethyl adjacent to an activating group) is 1. The summed E-state index contributed by atoms with van der Waals surface area (Å²) in [6, 6.07) is -0.481. The van der Waals surface area contributed by atoms with Gasteiger partial charge in [-0.25, -0.2) is 0 Å². The van der Waals surface area contributed by atoms with Crippen LogP contribution in [0.25, 0.3) is 0 Å². The van der Waals surface area contributed by atoms with Crippen molar-refractivity contribution in [2.75, 3.05) is 35.0 Å².